The number of furan rings is 1. The normalized spacial score (nSPS) is 10.8. The highest BCUT2D eigenvalue weighted by atomic mass is 16.5. The van der Waals surface area contributed by atoms with E-state index < -0.39 is 0 Å². The number of fused-ring (bicyclic) bond motifs is 1. The second kappa shape index (κ2) is 11.5. The minimum absolute atomic E-state index is 0.0939. The molecule has 0 atom stereocenters. The van der Waals surface area contributed by atoms with Crippen LogP contribution in [0.15, 0.2) is 59.0 Å². The van der Waals surface area contributed by atoms with Gasteiger partial charge in [-0.1, -0.05) is 6.07 Å². The summed E-state index contributed by atoms with van der Waals surface area (Å²) in [7, 11) is 4.61. The second-order valence-electron chi connectivity index (χ2n) is 8.23. The molecule has 2 heterocycles. The van der Waals surface area contributed by atoms with E-state index in [9.17, 15) is 4.79 Å². The summed E-state index contributed by atoms with van der Waals surface area (Å²) in [5.41, 5.74) is 2.26. The molecule has 1 N–H and O–H groups in total. The van der Waals surface area contributed by atoms with Crippen molar-refractivity contribution in [1.82, 2.24) is 4.98 Å². The predicted octanol–water partition coefficient (Wildman–Crippen LogP) is 6.02. The maximum absolute atomic E-state index is 12.4. The Balaban J connectivity index is 1.25. The lowest BCUT2D eigenvalue weighted by Gasteiger charge is -2.14. The standard InChI is InChI=1S/C28H30N2O6/c1-18-8-13-24(36-18)23-11-9-19-15-21(10-12-22(19)30-23)35-14-6-5-7-27(31)29-20-16-25(32-2)28(34-4)26(17-20)33-3/h8-13,15-17H,5-7,14H2,1-4H3,(H,29,31). The number of methoxy groups -OCH3 is 3. The second-order valence-corrected chi connectivity index (χ2v) is 8.23. The number of pyridine rings is 1. The fourth-order valence-corrected chi connectivity index (χ4v) is 3.86. The topological polar surface area (TPSA) is 92.1 Å². The Labute approximate surface area is 210 Å². The maximum Gasteiger partial charge on any atom is 0.224 e. The first-order valence-electron chi connectivity index (χ1n) is 11.7. The molecule has 4 aromatic rings. The van der Waals surface area contributed by atoms with Crippen LogP contribution < -0.4 is 24.3 Å². The minimum atomic E-state index is -0.0939. The molecule has 0 saturated heterocycles. The zero-order valence-corrected chi connectivity index (χ0v) is 20.9. The van der Waals surface area contributed by atoms with Crippen LogP contribution in [-0.4, -0.2) is 38.8 Å². The summed E-state index contributed by atoms with van der Waals surface area (Å²) < 4.78 is 27.5. The molecule has 0 saturated carbocycles. The Morgan fingerprint density at radius 3 is 2.36 bits per heavy atom. The SMILES string of the molecule is COc1cc(NC(=O)CCCCOc2ccc3nc(-c4ccc(C)o4)ccc3c2)cc(OC)c1OC. The molecule has 0 unspecified atom stereocenters. The molecule has 0 aliphatic heterocycles. The maximum atomic E-state index is 12.4. The van der Waals surface area contributed by atoms with Gasteiger partial charge in [-0.25, -0.2) is 4.98 Å². The molecule has 0 aliphatic rings. The first-order valence-corrected chi connectivity index (χ1v) is 11.7. The number of rotatable bonds is 11. The number of anilines is 1. The van der Waals surface area contributed by atoms with E-state index >= 15 is 0 Å². The van der Waals surface area contributed by atoms with E-state index in [1.54, 1.807) is 12.1 Å². The van der Waals surface area contributed by atoms with Gasteiger partial charge in [-0.05, 0) is 56.2 Å². The Morgan fingerprint density at radius 2 is 1.69 bits per heavy atom. The molecule has 0 spiro atoms. The van der Waals surface area contributed by atoms with Crippen molar-refractivity contribution in [3.05, 3.63) is 60.4 Å². The van der Waals surface area contributed by atoms with Gasteiger partial charge in [-0.3, -0.25) is 4.79 Å². The van der Waals surface area contributed by atoms with Crippen molar-refractivity contribution >= 4 is 22.5 Å². The summed E-state index contributed by atoms with van der Waals surface area (Å²) >= 11 is 0. The first-order chi connectivity index (χ1) is 17.5. The Hall–Kier alpha value is -4.20. The summed E-state index contributed by atoms with van der Waals surface area (Å²) in [4.78, 5) is 17.1. The third kappa shape index (κ3) is 5.89. The van der Waals surface area contributed by atoms with E-state index in [1.165, 1.54) is 21.3 Å². The molecular formula is C28H30N2O6. The number of unbranched alkanes of at least 4 members (excludes halogenated alkanes) is 1. The van der Waals surface area contributed by atoms with E-state index in [1.807, 2.05) is 49.4 Å². The fourth-order valence-electron chi connectivity index (χ4n) is 3.86. The van der Waals surface area contributed by atoms with Crippen LogP contribution in [0, 0.1) is 6.92 Å². The van der Waals surface area contributed by atoms with Crippen molar-refractivity contribution in [3.63, 3.8) is 0 Å². The van der Waals surface area contributed by atoms with Gasteiger partial charge in [0, 0.05) is 29.6 Å². The molecule has 1 amide bonds. The van der Waals surface area contributed by atoms with Crippen molar-refractivity contribution in [2.45, 2.75) is 26.2 Å². The van der Waals surface area contributed by atoms with E-state index in [4.69, 9.17) is 23.4 Å². The van der Waals surface area contributed by atoms with Crippen LogP contribution >= 0.6 is 0 Å². The number of benzene rings is 2. The van der Waals surface area contributed by atoms with Crippen molar-refractivity contribution in [1.29, 1.82) is 0 Å². The van der Waals surface area contributed by atoms with Crippen LogP contribution in [0.3, 0.4) is 0 Å². The largest absolute Gasteiger partial charge is 0.494 e. The monoisotopic (exact) mass is 490 g/mol. The molecule has 2 aromatic heterocycles. The van der Waals surface area contributed by atoms with Crippen molar-refractivity contribution in [3.8, 4) is 34.5 Å². The Morgan fingerprint density at radius 1 is 0.917 bits per heavy atom. The first kappa shape index (κ1) is 24.9. The van der Waals surface area contributed by atoms with Gasteiger partial charge in [-0.15, -0.1) is 0 Å². The Kier molecular flexibility index (Phi) is 7.95. The molecule has 0 fully saturated rings. The minimum Gasteiger partial charge on any atom is -0.494 e. The van der Waals surface area contributed by atoms with Gasteiger partial charge in [0.1, 0.15) is 17.2 Å². The van der Waals surface area contributed by atoms with Gasteiger partial charge in [0.25, 0.3) is 0 Å². The molecular weight excluding hydrogens is 460 g/mol. The van der Waals surface area contributed by atoms with Gasteiger partial charge in [0.15, 0.2) is 17.3 Å². The molecule has 4 rings (SSSR count). The summed E-state index contributed by atoms with van der Waals surface area (Å²) in [6.07, 6.45) is 1.81. The summed E-state index contributed by atoms with van der Waals surface area (Å²) in [5.74, 6) is 3.74. The quantitative estimate of drug-likeness (QED) is 0.257. The van der Waals surface area contributed by atoms with Gasteiger partial charge >= 0.3 is 0 Å². The van der Waals surface area contributed by atoms with Crippen molar-refractivity contribution < 1.29 is 28.2 Å². The zero-order valence-electron chi connectivity index (χ0n) is 20.9. The van der Waals surface area contributed by atoms with Gasteiger partial charge in [0.2, 0.25) is 11.7 Å². The number of nitrogens with one attached hydrogen (secondary N) is 1. The highest BCUT2D eigenvalue weighted by molar-refractivity contribution is 5.91. The highest BCUT2D eigenvalue weighted by Gasteiger charge is 2.14. The number of carbonyl (C=O) groups excluding carboxylic acids is 1. The number of amides is 1. The lowest BCUT2D eigenvalue weighted by molar-refractivity contribution is -0.116. The van der Waals surface area contributed by atoms with Crippen LogP contribution in [0.2, 0.25) is 0 Å². The van der Waals surface area contributed by atoms with Crippen LogP contribution in [0.1, 0.15) is 25.0 Å². The number of ether oxygens (including phenoxy) is 4. The molecule has 36 heavy (non-hydrogen) atoms. The molecule has 8 nitrogen and oxygen atoms in total. The van der Waals surface area contributed by atoms with Crippen molar-refractivity contribution in [2.75, 3.05) is 33.3 Å². The zero-order chi connectivity index (χ0) is 25.5. The van der Waals surface area contributed by atoms with Gasteiger partial charge in [-0.2, -0.15) is 0 Å². The van der Waals surface area contributed by atoms with E-state index in [0.29, 0.717) is 42.4 Å². The number of aromatic nitrogens is 1. The third-order valence-corrected chi connectivity index (χ3v) is 5.67. The fraction of sp³-hybridized carbons (Fsp3) is 0.286. The summed E-state index contributed by atoms with van der Waals surface area (Å²) in [6.45, 7) is 2.43. The van der Waals surface area contributed by atoms with Crippen LogP contribution in [0.4, 0.5) is 5.69 Å². The van der Waals surface area contributed by atoms with Gasteiger partial charge < -0.3 is 28.7 Å². The number of aryl methyl sites for hydroxylation is 1. The van der Waals surface area contributed by atoms with Crippen molar-refractivity contribution in [2.24, 2.45) is 0 Å². The number of hydrogen-bond acceptors (Lipinski definition) is 7. The van der Waals surface area contributed by atoms with Gasteiger partial charge in [0.05, 0.1) is 33.5 Å². The third-order valence-electron chi connectivity index (χ3n) is 5.67. The van der Waals surface area contributed by atoms with E-state index in [0.717, 1.165) is 40.3 Å². The van der Waals surface area contributed by atoms with Crippen LogP contribution in [-0.2, 0) is 4.79 Å². The van der Waals surface area contributed by atoms with E-state index in [-0.39, 0.29) is 5.91 Å². The predicted molar refractivity (Wildman–Crippen MR) is 138 cm³/mol. The average Bonchev–Trinajstić information content (AvgIpc) is 3.33. The molecule has 8 heteroatoms. The number of nitrogens with zero attached hydrogens (tertiary/aromatic N) is 1. The summed E-state index contributed by atoms with van der Waals surface area (Å²) in [5, 5.41) is 3.87. The number of hydrogen-bond donors (Lipinski definition) is 1. The Bertz CT molecular complexity index is 1320. The summed E-state index contributed by atoms with van der Waals surface area (Å²) in [6, 6.07) is 17.0. The van der Waals surface area contributed by atoms with Crippen LogP contribution in [0.25, 0.3) is 22.4 Å². The number of carbonyl (C=O) groups is 1. The van der Waals surface area contributed by atoms with E-state index in [2.05, 4.69) is 10.3 Å². The molecule has 188 valence electrons. The lowest BCUT2D eigenvalue weighted by Crippen LogP contribution is -2.12. The van der Waals surface area contributed by atoms with Crippen LogP contribution in [0.5, 0.6) is 23.0 Å². The highest BCUT2D eigenvalue weighted by Crippen LogP contribution is 2.40. The molecule has 0 bridgehead atoms. The average molecular weight is 491 g/mol. The lowest BCUT2D eigenvalue weighted by atomic mass is 10.1. The molecule has 0 aliphatic carbocycles. The smallest absolute Gasteiger partial charge is 0.224 e. The molecule has 2 aromatic carbocycles. The molecule has 0 radical (unpaired) electrons.